The highest BCUT2D eigenvalue weighted by atomic mass is 79.9. The summed E-state index contributed by atoms with van der Waals surface area (Å²) in [6, 6.07) is 11.2. The highest BCUT2D eigenvalue weighted by Crippen LogP contribution is 2.39. The fraction of sp³-hybridized carbons (Fsp3) is 0.294. The molecular weight excluding hydrogens is 344 g/mol. The van der Waals surface area contributed by atoms with Crippen LogP contribution in [0.2, 0.25) is 0 Å². The molecule has 1 aliphatic heterocycles. The van der Waals surface area contributed by atoms with Crippen LogP contribution in [0.25, 0.3) is 0 Å². The van der Waals surface area contributed by atoms with Crippen LogP contribution in [0.3, 0.4) is 0 Å². The van der Waals surface area contributed by atoms with Gasteiger partial charge in [-0.2, -0.15) is 0 Å². The predicted molar refractivity (Wildman–Crippen MR) is 89.5 cm³/mol. The molecule has 1 aromatic heterocycles. The van der Waals surface area contributed by atoms with E-state index in [0.717, 1.165) is 15.9 Å². The normalized spacial score (nSPS) is 15.9. The summed E-state index contributed by atoms with van der Waals surface area (Å²) in [4.78, 5) is 19.0. The van der Waals surface area contributed by atoms with Crippen LogP contribution in [0.1, 0.15) is 30.0 Å². The number of fused-ring (bicyclic) bond motifs is 1. The molecule has 1 aromatic carbocycles. The first-order chi connectivity index (χ1) is 10.4. The number of benzene rings is 1. The van der Waals surface area contributed by atoms with Crippen molar-refractivity contribution in [2.45, 2.75) is 26.4 Å². The summed E-state index contributed by atoms with van der Waals surface area (Å²) >= 11 is 3.44. The number of aromatic nitrogens is 1. The fourth-order valence-corrected chi connectivity index (χ4v) is 2.91. The number of halogens is 1. The minimum atomic E-state index is -0.451. The van der Waals surface area contributed by atoms with Crippen LogP contribution < -0.4 is 9.64 Å². The molecule has 0 saturated carbocycles. The number of hydrogen-bond donors (Lipinski definition) is 0. The van der Waals surface area contributed by atoms with Crippen molar-refractivity contribution in [1.82, 2.24) is 4.98 Å². The lowest BCUT2D eigenvalue weighted by molar-refractivity contribution is 0.0833. The second-order valence-electron chi connectivity index (χ2n) is 6.03. The van der Waals surface area contributed by atoms with Crippen molar-refractivity contribution in [2.75, 3.05) is 11.4 Å². The van der Waals surface area contributed by atoms with Crippen molar-refractivity contribution in [1.29, 1.82) is 0 Å². The van der Waals surface area contributed by atoms with Gasteiger partial charge in [0.05, 0.1) is 12.2 Å². The number of hydrogen-bond acceptors (Lipinski definition) is 3. The highest BCUT2D eigenvalue weighted by molar-refractivity contribution is 9.10. The largest absolute Gasteiger partial charge is 0.484 e. The first-order valence-corrected chi connectivity index (χ1v) is 7.89. The minimum Gasteiger partial charge on any atom is -0.484 e. The monoisotopic (exact) mass is 360 g/mol. The Balaban J connectivity index is 2.05. The van der Waals surface area contributed by atoms with E-state index in [4.69, 9.17) is 4.74 Å². The zero-order valence-corrected chi connectivity index (χ0v) is 14.3. The Hall–Kier alpha value is -1.88. The van der Waals surface area contributed by atoms with Crippen LogP contribution >= 0.6 is 15.9 Å². The molecule has 22 heavy (non-hydrogen) atoms. The fourth-order valence-electron chi connectivity index (χ4n) is 2.57. The van der Waals surface area contributed by atoms with Crippen molar-refractivity contribution in [3.8, 4) is 5.75 Å². The van der Waals surface area contributed by atoms with Crippen LogP contribution in [0.5, 0.6) is 5.75 Å². The maximum absolute atomic E-state index is 12.9. The van der Waals surface area contributed by atoms with Crippen LogP contribution in [0.15, 0.2) is 40.9 Å². The van der Waals surface area contributed by atoms with Crippen molar-refractivity contribution < 1.29 is 9.53 Å². The molecule has 3 rings (SSSR count). The van der Waals surface area contributed by atoms with E-state index >= 15 is 0 Å². The number of ether oxygens (including phenoxy) is 1. The van der Waals surface area contributed by atoms with Gasteiger partial charge in [-0.3, -0.25) is 9.69 Å². The minimum absolute atomic E-state index is 0.108. The van der Waals surface area contributed by atoms with Crippen molar-refractivity contribution >= 4 is 27.5 Å². The number of carbonyl (C=O) groups is 1. The molecule has 0 N–H and O–H groups in total. The number of aryl methyl sites for hydroxylation is 1. The topological polar surface area (TPSA) is 42.4 Å². The van der Waals surface area contributed by atoms with E-state index in [1.165, 1.54) is 0 Å². The van der Waals surface area contributed by atoms with Gasteiger partial charge in [-0.1, -0.05) is 22.0 Å². The predicted octanol–water partition coefficient (Wildman–Crippen LogP) is 3.97. The molecule has 0 atom stereocenters. The van der Waals surface area contributed by atoms with Gasteiger partial charge in [0.2, 0.25) is 0 Å². The molecule has 0 bridgehead atoms. The van der Waals surface area contributed by atoms with Gasteiger partial charge < -0.3 is 4.74 Å². The van der Waals surface area contributed by atoms with E-state index in [-0.39, 0.29) is 5.91 Å². The molecule has 1 amide bonds. The first-order valence-electron chi connectivity index (χ1n) is 7.10. The quantitative estimate of drug-likeness (QED) is 0.772. The van der Waals surface area contributed by atoms with E-state index < -0.39 is 5.60 Å². The Bertz CT molecular complexity index is 743. The molecule has 0 radical (unpaired) electrons. The summed E-state index contributed by atoms with van der Waals surface area (Å²) in [7, 11) is 0. The number of rotatable bonds is 1. The van der Waals surface area contributed by atoms with E-state index in [9.17, 15) is 4.79 Å². The summed E-state index contributed by atoms with van der Waals surface area (Å²) in [5, 5.41) is 0. The van der Waals surface area contributed by atoms with Gasteiger partial charge in [-0.25, -0.2) is 4.98 Å². The number of anilines is 1. The third-order valence-corrected chi connectivity index (χ3v) is 3.98. The number of amides is 1. The third-order valence-electron chi connectivity index (χ3n) is 3.49. The van der Waals surface area contributed by atoms with Gasteiger partial charge in [-0.15, -0.1) is 0 Å². The summed E-state index contributed by atoms with van der Waals surface area (Å²) in [6.45, 7) is 6.31. The smallest absolute Gasteiger partial charge is 0.277 e. The van der Waals surface area contributed by atoms with E-state index in [2.05, 4.69) is 20.9 Å². The maximum atomic E-state index is 12.9. The lowest BCUT2D eigenvalue weighted by Crippen LogP contribution is -2.49. The molecule has 1 aliphatic rings. The number of nitrogens with zero attached hydrogens (tertiary/aromatic N) is 2. The Morgan fingerprint density at radius 1 is 1.32 bits per heavy atom. The average molecular weight is 361 g/mol. The summed E-state index contributed by atoms with van der Waals surface area (Å²) in [6.07, 6.45) is 0. The molecule has 0 fully saturated rings. The number of carbonyl (C=O) groups excluding carboxylic acids is 1. The van der Waals surface area contributed by atoms with Crippen LogP contribution in [0.4, 0.5) is 5.69 Å². The first kappa shape index (κ1) is 15.0. The molecule has 114 valence electrons. The molecule has 2 heterocycles. The van der Waals surface area contributed by atoms with Gasteiger partial charge in [0.1, 0.15) is 17.0 Å². The van der Waals surface area contributed by atoms with Crippen LogP contribution in [-0.4, -0.2) is 23.0 Å². The Morgan fingerprint density at radius 3 is 2.82 bits per heavy atom. The Morgan fingerprint density at radius 2 is 2.09 bits per heavy atom. The van der Waals surface area contributed by atoms with Gasteiger partial charge in [0.15, 0.2) is 0 Å². The summed E-state index contributed by atoms with van der Waals surface area (Å²) in [5.41, 5.74) is 1.60. The molecule has 2 aromatic rings. The Kier molecular flexibility index (Phi) is 3.68. The standard InChI is InChI=1S/C17H17BrN2O2/c1-11-5-4-6-13(19-11)16(21)20-10-17(2,3)22-15-9-12(18)7-8-14(15)20/h4-9H,10H2,1-3H3. The molecule has 4 nitrogen and oxygen atoms in total. The zero-order valence-electron chi connectivity index (χ0n) is 12.8. The van der Waals surface area contributed by atoms with Crippen molar-refractivity contribution in [3.05, 3.63) is 52.3 Å². The van der Waals surface area contributed by atoms with Gasteiger partial charge in [0.25, 0.3) is 5.91 Å². The Labute approximate surface area is 138 Å². The van der Waals surface area contributed by atoms with Crippen molar-refractivity contribution in [2.24, 2.45) is 0 Å². The second kappa shape index (κ2) is 5.39. The lowest BCUT2D eigenvalue weighted by Gasteiger charge is -2.39. The molecular formula is C17H17BrN2O2. The maximum Gasteiger partial charge on any atom is 0.277 e. The van der Waals surface area contributed by atoms with Crippen LogP contribution in [-0.2, 0) is 0 Å². The summed E-state index contributed by atoms with van der Waals surface area (Å²) in [5.74, 6) is 0.593. The lowest BCUT2D eigenvalue weighted by atomic mass is 10.0. The molecule has 0 unspecified atom stereocenters. The zero-order chi connectivity index (χ0) is 15.9. The molecule has 0 spiro atoms. The average Bonchev–Trinajstić information content (AvgIpc) is 2.44. The van der Waals surface area contributed by atoms with E-state index in [1.807, 2.05) is 51.1 Å². The highest BCUT2D eigenvalue weighted by Gasteiger charge is 2.35. The second-order valence-corrected chi connectivity index (χ2v) is 6.94. The van der Waals surface area contributed by atoms with E-state index in [1.54, 1.807) is 11.0 Å². The number of pyridine rings is 1. The molecule has 5 heteroatoms. The van der Waals surface area contributed by atoms with Crippen LogP contribution in [0, 0.1) is 6.92 Å². The third kappa shape index (κ3) is 2.86. The molecule has 0 saturated heterocycles. The van der Waals surface area contributed by atoms with Gasteiger partial charge in [0, 0.05) is 10.2 Å². The van der Waals surface area contributed by atoms with E-state index in [0.29, 0.717) is 18.0 Å². The van der Waals surface area contributed by atoms with Gasteiger partial charge in [-0.05, 0) is 51.1 Å². The van der Waals surface area contributed by atoms with Gasteiger partial charge >= 0.3 is 0 Å². The SMILES string of the molecule is Cc1cccc(C(=O)N2CC(C)(C)Oc3cc(Br)ccc32)n1. The summed E-state index contributed by atoms with van der Waals surface area (Å²) < 4.78 is 6.92. The molecule has 0 aliphatic carbocycles. The van der Waals surface area contributed by atoms with Crippen molar-refractivity contribution in [3.63, 3.8) is 0 Å².